The summed E-state index contributed by atoms with van der Waals surface area (Å²) in [5.74, 6) is 0.826. The lowest BCUT2D eigenvalue weighted by Crippen LogP contribution is -2.44. The number of nitrogens with zero attached hydrogens (tertiary/aromatic N) is 3. The van der Waals surface area contributed by atoms with E-state index >= 15 is 0 Å². The molecule has 1 saturated carbocycles. The van der Waals surface area contributed by atoms with E-state index in [0.717, 1.165) is 48.9 Å². The van der Waals surface area contributed by atoms with Crippen LogP contribution in [-0.2, 0) is 4.79 Å². The smallest absolute Gasteiger partial charge is 0.242 e. The molecule has 1 saturated heterocycles. The van der Waals surface area contributed by atoms with Gasteiger partial charge in [-0.15, -0.1) is 0 Å². The number of nitriles is 1. The van der Waals surface area contributed by atoms with Gasteiger partial charge in [-0.25, -0.2) is 4.98 Å². The minimum absolute atomic E-state index is 0.0958. The van der Waals surface area contributed by atoms with Crippen molar-refractivity contribution in [1.82, 2.24) is 10.3 Å². The van der Waals surface area contributed by atoms with E-state index < -0.39 is 0 Å². The Labute approximate surface area is 134 Å². The monoisotopic (exact) mass is 306 g/mol. The van der Waals surface area contributed by atoms with Gasteiger partial charge in [-0.05, 0) is 37.8 Å². The molecular formula is C18H18N4O. The van der Waals surface area contributed by atoms with E-state index in [2.05, 4.69) is 16.4 Å². The number of amides is 1. The lowest BCUT2D eigenvalue weighted by atomic mass is 10.1. The first-order valence-corrected chi connectivity index (χ1v) is 8.13. The summed E-state index contributed by atoms with van der Waals surface area (Å²) in [5, 5.41) is 13.4. The summed E-state index contributed by atoms with van der Waals surface area (Å²) in [6.07, 6.45) is 3.99. The van der Waals surface area contributed by atoms with Gasteiger partial charge in [0.15, 0.2) is 0 Å². The minimum Gasteiger partial charge on any atom is -0.352 e. The van der Waals surface area contributed by atoms with Gasteiger partial charge in [-0.1, -0.05) is 18.2 Å². The van der Waals surface area contributed by atoms with Crippen LogP contribution < -0.4 is 10.2 Å². The van der Waals surface area contributed by atoms with E-state index in [0.29, 0.717) is 11.6 Å². The van der Waals surface area contributed by atoms with Crippen molar-refractivity contribution in [2.24, 2.45) is 0 Å². The molecule has 116 valence electrons. The molecule has 0 spiro atoms. The molecule has 2 fully saturated rings. The Hall–Kier alpha value is -2.61. The second-order valence-corrected chi connectivity index (χ2v) is 6.29. The second-order valence-electron chi connectivity index (χ2n) is 6.29. The lowest BCUT2D eigenvalue weighted by Gasteiger charge is -2.25. The topological polar surface area (TPSA) is 69.0 Å². The molecule has 1 aromatic carbocycles. The van der Waals surface area contributed by atoms with Gasteiger partial charge in [-0.2, -0.15) is 5.26 Å². The summed E-state index contributed by atoms with van der Waals surface area (Å²) in [4.78, 5) is 19.2. The van der Waals surface area contributed by atoms with E-state index in [4.69, 9.17) is 0 Å². The third-order valence-electron chi connectivity index (χ3n) is 4.60. The molecule has 1 aliphatic heterocycles. The highest BCUT2D eigenvalue weighted by Crippen LogP contribution is 2.29. The summed E-state index contributed by atoms with van der Waals surface area (Å²) in [6.45, 7) is 0.805. The van der Waals surface area contributed by atoms with Crippen LogP contribution in [0.1, 0.15) is 31.2 Å². The molecule has 0 bridgehead atoms. The van der Waals surface area contributed by atoms with Crippen LogP contribution in [0.4, 0.5) is 5.82 Å². The van der Waals surface area contributed by atoms with Crippen molar-refractivity contribution in [3.8, 4) is 6.07 Å². The Morgan fingerprint density at radius 3 is 2.91 bits per heavy atom. The number of nitrogens with one attached hydrogen (secondary N) is 1. The summed E-state index contributed by atoms with van der Waals surface area (Å²) in [5.41, 5.74) is 1.41. The van der Waals surface area contributed by atoms with E-state index in [-0.39, 0.29) is 11.9 Å². The number of hydrogen-bond donors (Lipinski definition) is 1. The Morgan fingerprint density at radius 1 is 1.30 bits per heavy atom. The predicted octanol–water partition coefficient (Wildman–Crippen LogP) is 2.35. The standard InChI is InChI=1S/C18H18N4O/c19-11-12-10-17(21-15-5-2-1-4-14(12)15)22-9-3-6-16(22)18(23)20-13-7-8-13/h1-2,4-5,10,13,16H,3,6-9H2,(H,20,23)/t16-/m1/s1. The average Bonchev–Trinajstić information content (AvgIpc) is 3.25. The van der Waals surface area contributed by atoms with Crippen molar-refractivity contribution in [2.75, 3.05) is 11.4 Å². The van der Waals surface area contributed by atoms with E-state index in [9.17, 15) is 10.1 Å². The predicted molar refractivity (Wildman–Crippen MR) is 88.0 cm³/mol. The molecular weight excluding hydrogens is 288 g/mol. The Balaban J connectivity index is 1.69. The Kier molecular flexibility index (Phi) is 3.38. The number of hydrogen-bond acceptors (Lipinski definition) is 4. The summed E-state index contributed by atoms with van der Waals surface area (Å²) in [6, 6.07) is 11.9. The number of carbonyl (C=O) groups excluding carboxylic acids is 1. The molecule has 1 aromatic heterocycles. The van der Waals surface area contributed by atoms with E-state index in [1.54, 1.807) is 0 Å². The van der Waals surface area contributed by atoms with Crippen molar-refractivity contribution in [3.05, 3.63) is 35.9 Å². The highest BCUT2D eigenvalue weighted by atomic mass is 16.2. The lowest BCUT2D eigenvalue weighted by molar-refractivity contribution is -0.122. The molecule has 4 rings (SSSR count). The first kappa shape index (κ1) is 14.0. The number of benzene rings is 1. The average molecular weight is 306 g/mol. The van der Waals surface area contributed by atoms with Gasteiger partial charge in [-0.3, -0.25) is 4.79 Å². The van der Waals surface area contributed by atoms with Crippen LogP contribution in [0, 0.1) is 11.3 Å². The van der Waals surface area contributed by atoms with Crippen LogP contribution in [0.2, 0.25) is 0 Å². The zero-order chi connectivity index (χ0) is 15.8. The molecule has 0 radical (unpaired) electrons. The van der Waals surface area contributed by atoms with Gasteiger partial charge in [0.05, 0.1) is 17.1 Å². The SMILES string of the molecule is N#Cc1cc(N2CCC[C@@H]2C(=O)NC2CC2)nc2ccccc12. The Morgan fingerprint density at radius 2 is 2.13 bits per heavy atom. The van der Waals surface area contributed by atoms with Crippen molar-refractivity contribution < 1.29 is 4.79 Å². The molecule has 2 aromatic rings. The summed E-state index contributed by atoms with van der Waals surface area (Å²) in [7, 11) is 0. The molecule has 5 nitrogen and oxygen atoms in total. The van der Waals surface area contributed by atoms with Crippen LogP contribution in [0.3, 0.4) is 0 Å². The minimum atomic E-state index is -0.171. The summed E-state index contributed by atoms with van der Waals surface area (Å²) >= 11 is 0. The fourth-order valence-corrected chi connectivity index (χ4v) is 3.24. The maximum atomic E-state index is 12.5. The normalized spacial score (nSPS) is 20.5. The van der Waals surface area contributed by atoms with Crippen molar-refractivity contribution in [3.63, 3.8) is 0 Å². The second kappa shape index (κ2) is 5.54. The van der Waals surface area contributed by atoms with Crippen LogP contribution in [0.25, 0.3) is 10.9 Å². The van der Waals surface area contributed by atoms with Crippen LogP contribution in [0.5, 0.6) is 0 Å². The first-order chi connectivity index (χ1) is 11.3. The fraction of sp³-hybridized carbons (Fsp3) is 0.389. The van der Waals surface area contributed by atoms with Gasteiger partial charge in [0.25, 0.3) is 0 Å². The zero-order valence-corrected chi connectivity index (χ0v) is 12.8. The molecule has 2 aliphatic rings. The van der Waals surface area contributed by atoms with Crippen LogP contribution in [-0.4, -0.2) is 29.5 Å². The van der Waals surface area contributed by atoms with Gasteiger partial charge < -0.3 is 10.2 Å². The fourth-order valence-electron chi connectivity index (χ4n) is 3.24. The number of para-hydroxylation sites is 1. The number of aromatic nitrogens is 1. The number of fused-ring (bicyclic) bond motifs is 1. The number of pyridine rings is 1. The molecule has 1 amide bonds. The highest BCUT2D eigenvalue weighted by Gasteiger charge is 2.34. The zero-order valence-electron chi connectivity index (χ0n) is 12.8. The Bertz CT molecular complexity index is 806. The largest absolute Gasteiger partial charge is 0.352 e. The summed E-state index contributed by atoms with van der Waals surface area (Å²) < 4.78 is 0. The van der Waals surface area contributed by atoms with Gasteiger partial charge in [0, 0.05) is 18.0 Å². The van der Waals surface area contributed by atoms with Gasteiger partial charge in [0.1, 0.15) is 11.9 Å². The van der Waals surface area contributed by atoms with Crippen molar-refractivity contribution >= 4 is 22.6 Å². The third kappa shape index (κ3) is 2.61. The van der Waals surface area contributed by atoms with E-state index in [1.807, 2.05) is 35.2 Å². The number of rotatable bonds is 3. The molecule has 1 aliphatic carbocycles. The third-order valence-corrected chi connectivity index (χ3v) is 4.60. The van der Waals surface area contributed by atoms with Gasteiger partial charge in [0.2, 0.25) is 5.91 Å². The molecule has 0 unspecified atom stereocenters. The van der Waals surface area contributed by atoms with Crippen molar-refractivity contribution in [2.45, 2.75) is 37.8 Å². The van der Waals surface area contributed by atoms with Crippen LogP contribution >= 0.6 is 0 Å². The quantitative estimate of drug-likeness (QED) is 0.945. The molecule has 23 heavy (non-hydrogen) atoms. The maximum absolute atomic E-state index is 12.5. The molecule has 2 heterocycles. The first-order valence-electron chi connectivity index (χ1n) is 8.13. The number of carbonyl (C=O) groups is 1. The highest BCUT2D eigenvalue weighted by molar-refractivity contribution is 5.89. The van der Waals surface area contributed by atoms with Crippen molar-refractivity contribution in [1.29, 1.82) is 5.26 Å². The number of anilines is 1. The molecule has 5 heteroatoms. The molecule has 1 N–H and O–H groups in total. The molecule has 1 atom stereocenters. The van der Waals surface area contributed by atoms with E-state index in [1.165, 1.54) is 0 Å². The van der Waals surface area contributed by atoms with Gasteiger partial charge >= 0.3 is 0 Å². The maximum Gasteiger partial charge on any atom is 0.242 e. The van der Waals surface area contributed by atoms with Crippen LogP contribution in [0.15, 0.2) is 30.3 Å².